The van der Waals surface area contributed by atoms with Gasteiger partial charge in [0.05, 0.1) is 6.54 Å². The monoisotopic (exact) mass is 572 g/mol. The second kappa shape index (κ2) is 15.2. The summed E-state index contributed by atoms with van der Waals surface area (Å²) in [4.78, 5) is 54.4. The van der Waals surface area contributed by atoms with Gasteiger partial charge in [0.25, 0.3) is 5.91 Å². The molecule has 1 aliphatic carbocycles. The summed E-state index contributed by atoms with van der Waals surface area (Å²) in [5, 5.41) is 18.5. The lowest BCUT2D eigenvalue weighted by molar-refractivity contribution is -0.150. The number of nitrogens with zero attached hydrogens (tertiary/aromatic N) is 1. The Kier molecular flexibility index (Phi) is 12.0. The van der Waals surface area contributed by atoms with Gasteiger partial charge in [0.1, 0.15) is 24.8 Å². The van der Waals surface area contributed by atoms with Crippen LogP contribution in [0.4, 0.5) is 4.79 Å². The maximum absolute atomic E-state index is 14.2. The van der Waals surface area contributed by atoms with Crippen molar-refractivity contribution in [2.75, 3.05) is 6.54 Å². The number of hydrogen-bond acceptors (Lipinski definition) is 6. The highest BCUT2D eigenvalue weighted by Gasteiger charge is 2.44. The van der Waals surface area contributed by atoms with Crippen molar-refractivity contribution in [2.45, 2.75) is 122 Å². The van der Waals surface area contributed by atoms with Gasteiger partial charge in [0.2, 0.25) is 11.8 Å². The molecule has 1 aliphatic heterocycles. The van der Waals surface area contributed by atoms with E-state index in [9.17, 15) is 24.3 Å². The van der Waals surface area contributed by atoms with Crippen LogP contribution in [-0.4, -0.2) is 70.6 Å². The molecule has 4 amide bonds. The number of carbonyl (C=O) groups excluding carboxylic acids is 4. The number of hydrogen-bond donors (Lipinski definition) is 4. The highest BCUT2D eigenvalue weighted by molar-refractivity contribution is 5.92. The summed E-state index contributed by atoms with van der Waals surface area (Å²) in [5.74, 6) is -1.24. The summed E-state index contributed by atoms with van der Waals surface area (Å²) in [6.45, 7) is 7.56. The Labute approximate surface area is 244 Å². The molecule has 41 heavy (non-hydrogen) atoms. The SMILES string of the molecule is CCCCC[C@H]1CCCC(C(=O)NCC(O)C(=O)NC2CC2)N1C(=O)C(NC(=O)OCc1ccccc1)C(C)(C)C. The summed E-state index contributed by atoms with van der Waals surface area (Å²) >= 11 is 0. The Morgan fingerprint density at radius 1 is 1.05 bits per heavy atom. The first kappa shape index (κ1) is 32.4. The second-order valence-corrected chi connectivity index (χ2v) is 12.4. The second-order valence-electron chi connectivity index (χ2n) is 12.4. The molecular formula is C31H48N4O6. The van der Waals surface area contributed by atoms with Crippen LogP contribution in [0, 0.1) is 5.41 Å². The number of unbranched alkanes of at least 4 members (excludes halogenated alkanes) is 2. The Balaban J connectivity index is 1.74. The third-order valence-electron chi connectivity index (χ3n) is 7.73. The van der Waals surface area contributed by atoms with Gasteiger partial charge in [-0.2, -0.15) is 0 Å². The van der Waals surface area contributed by atoms with Gasteiger partial charge in [-0.05, 0) is 49.5 Å². The highest BCUT2D eigenvalue weighted by Crippen LogP contribution is 2.31. The fourth-order valence-electron chi connectivity index (χ4n) is 5.20. The lowest BCUT2D eigenvalue weighted by atomic mass is 9.83. The number of likely N-dealkylation sites (tertiary alicyclic amines) is 1. The zero-order chi connectivity index (χ0) is 30.0. The lowest BCUT2D eigenvalue weighted by Crippen LogP contribution is -2.63. The van der Waals surface area contributed by atoms with Gasteiger partial charge >= 0.3 is 6.09 Å². The quantitative estimate of drug-likeness (QED) is 0.268. The van der Waals surface area contributed by atoms with E-state index < -0.39 is 41.5 Å². The molecule has 10 heteroatoms. The standard InChI is InChI=1S/C31H48N4O6/c1-5-6-8-14-23-15-11-16-24(27(37)32-19-25(36)28(38)33-22-17-18-22)35(23)29(39)26(31(2,3)4)34-30(40)41-20-21-12-9-7-10-13-21/h7,9-10,12-13,22-26,36H,5-6,8,11,14-20H2,1-4H3,(H,32,37)(H,33,38)(H,34,40)/t23-,24?,25?,26?/m0/s1. The largest absolute Gasteiger partial charge is 0.445 e. The molecule has 0 aromatic heterocycles. The van der Waals surface area contributed by atoms with E-state index in [1.807, 2.05) is 51.1 Å². The summed E-state index contributed by atoms with van der Waals surface area (Å²) in [6, 6.07) is 7.54. The molecule has 1 aromatic rings. The normalized spacial score (nSPS) is 20.5. The van der Waals surface area contributed by atoms with Crippen LogP contribution >= 0.6 is 0 Å². The molecule has 3 unspecified atom stereocenters. The number of aliphatic hydroxyl groups is 1. The van der Waals surface area contributed by atoms with E-state index in [-0.39, 0.29) is 31.1 Å². The van der Waals surface area contributed by atoms with E-state index in [0.29, 0.717) is 6.42 Å². The molecule has 0 spiro atoms. The predicted molar refractivity (Wildman–Crippen MR) is 156 cm³/mol. The molecule has 0 bridgehead atoms. The van der Waals surface area contributed by atoms with Crippen molar-refractivity contribution in [3.8, 4) is 0 Å². The molecule has 4 N–H and O–H groups in total. The average Bonchev–Trinajstić information content (AvgIpc) is 3.77. The van der Waals surface area contributed by atoms with Gasteiger partial charge in [0, 0.05) is 12.1 Å². The van der Waals surface area contributed by atoms with Crippen LogP contribution < -0.4 is 16.0 Å². The van der Waals surface area contributed by atoms with E-state index in [1.165, 1.54) is 0 Å². The zero-order valence-electron chi connectivity index (χ0n) is 25.0. The van der Waals surface area contributed by atoms with Gasteiger partial charge in [-0.25, -0.2) is 4.79 Å². The Hall–Kier alpha value is -3.14. The molecule has 0 radical (unpaired) electrons. The first-order chi connectivity index (χ1) is 19.5. The molecule has 4 atom stereocenters. The van der Waals surface area contributed by atoms with E-state index in [0.717, 1.165) is 56.9 Å². The number of benzene rings is 1. The van der Waals surface area contributed by atoms with E-state index in [4.69, 9.17) is 4.74 Å². The molecular weight excluding hydrogens is 524 g/mol. The van der Waals surface area contributed by atoms with E-state index in [1.54, 1.807) is 4.90 Å². The van der Waals surface area contributed by atoms with Gasteiger partial charge < -0.3 is 30.7 Å². The van der Waals surface area contributed by atoms with Crippen molar-refractivity contribution in [2.24, 2.45) is 5.41 Å². The molecule has 2 aliphatic rings. The van der Waals surface area contributed by atoms with Crippen molar-refractivity contribution in [3.05, 3.63) is 35.9 Å². The summed E-state index contributed by atoms with van der Waals surface area (Å²) < 4.78 is 5.43. The van der Waals surface area contributed by atoms with Crippen LogP contribution in [0.3, 0.4) is 0 Å². The zero-order valence-corrected chi connectivity index (χ0v) is 25.0. The van der Waals surface area contributed by atoms with Crippen LogP contribution in [0.1, 0.15) is 91.0 Å². The number of nitrogens with one attached hydrogen (secondary N) is 3. The fourth-order valence-corrected chi connectivity index (χ4v) is 5.20. The number of aliphatic hydroxyl groups excluding tert-OH is 1. The number of piperidine rings is 1. The molecule has 2 fully saturated rings. The summed E-state index contributed by atoms with van der Waals surface area (Å²) in [5.41, 5.74) is 0.171. The number of carbonyl (C=O) groups is 4. The summed E-state index contributed by atoms with van der Waals surface area (Å²) in [7, 11) is 0. The van der Waals surface area contributed by atoms with Crippen molar-refractivity contribution in [1.29, 1.82) is 0 Å². The van der Waals surface area contributed by atoms with E-state index in [2.05, 4.69) is 22.9 Å². The van der Waals surface area contributed by atoms with Crippen LogP contribution in [-0.2, 0) is 25.7 Å². The molecule has 3 rings (SSSR count). The topological polar surface area (TPSA) is 137 Å². The maximum Gasteiger partial charge on any atom is 0.408 e. The number of amides is 4. The minimum absolute atomic E-state index is 0.0722. The van der Waals surface area contributed by atoms with Gasteiger partial charge in [0.15, 0.2) is 0 Å². The van der Waals surface area contributed by atoms with Crippen LogP contribution in [0.15, 0.2) is 30.3 Å². The summed E-state index contributed by atoms with van der Waals surface area (Å²) in [6.07, 6.45) is 5.45. The Morgan fingerprint density at radius 3 is 2.39 bits per heavy atom. The van der Waals surface area contributed by atoms with E-state index >= 15 is 0 Å². The first-order valence-corrected chi connectivity index (χ1v) is 15.1. The van der Waals surface area contributed by atoms with Crippen LogP contribution in [0.2, 0.25) is 0 Å². The minimum Gasteiger partial charge on any atom is -0.445 e. The molecule has 1 saturated carbocycles. The maximum atomic E-state index is 14.2. The predicted octanol–water partition coefficient (Wildman–Crippen LogP) is 3.41. The van der Waals surface area contributed by atoms with Crippen molar-refractivity contribution < 1.29 is 29.0 Å². The van der Waals surface area contributed by atoms with Gasteiger partial charge in [-0.15, -0.1) is 0 Å². The fraction of sp³-hybridized carbons (Fsp3) is 0.677. The number of alkyl carbamates (subject to hydrolysis) is 1. The Bertz CT molecular complexity index is 1020. The lowest BCUT2D eigenvalue weighted by Gasteiger charge is -2.45. The van der Waals surface area contributed by atoms with Gasteiger partial charge in [-0.1, -0.05) is 77.3 Å². The number of ether oxygens (including phenoxy) is 1. The molecule has 10 nitrogen and oxygen atoms in total. The van der Waals surface area contributed by atoms with Crippen molar-refractivity contribution in [3.63, 3.8) is 0 Å². The molecule has 228 valence electrons. The highest BCUT2D eigenvalue weighted by atomic mass is 16.5. The van der Waals surface area contributed by atoms with Crippen LogP contribution in [0.5, 0.6) is 0 Å². The third-order valence-corrected chi connectivity index (χ3v) is 7.73. The Morgan fingerprint density at radius 2 is 1.76 bits per heavy atom. The molecule has 1 aromatic carbocycles. The van der Waals surface area contributed by atoms with Crippen molar-refractivity contribution >= 4 is 23.8 Å². The average molecular weight is 573 g/mol. The minimum atomic E-state index is -1.36. The first-order valence-electron chi connectivity index (χ1n) is 15.1. The molecule has 1 heterocycles. The third kappa shape index (κ3) is 10.0. The number of rotatable bonds is 13. The molecule has 1 saturated heterocycles. The van der Waals surface area contributed by atoms with Crippen molar-refractivity contribution in [1.82, 2.24) is 20.9 Å². The van der Waals surface area contributed by atoms with Gasteiger partial charge in [-0.3, -0.25) is 14.4 Å². The van der Waals surface area contributed by atoms with Crippen LogP contribution in [0.25, 0.3) is 0 Å². The smallest absolute Gasteiger partial charge is 0.408 e.